The SMILES string of the molecule is N#Cc1ccc(C(=O)NCC(=O)N2CCCc3ccccc32)c(F)c1. The number of carbonyl (C=O) groups is 2. The minimum Gasteiger partial charge on any atom is -0.343 e. The maximum absolute atomic E-state index is 13.9. The van der Waals surface area contributed by atoms with Gasteiger partial charge >= 0.3 is 0 Å². The molecule has 6 heteroatoms. The van der Waals surface area contributed by atoms with Gasteiger partial charge in [-0.1, -0.05) is 18.2 Å². The van der Waals surface area contributed by atoms with Gasteiger partial charge in [-0.05, 0) is 42.7 Å². The van der Waals surface area contributed by atoms with Gasteiger partial charge in [0.1, 0.15) is 5.82 Å². The van der Waals surface area contributed by atoms with E-state index >= 15 is 0 Å². The van der Waals surface area contributed by atoms with E-state index in [-0.39, 0.29) is 23.6 Å². The van der Waals surface area contributed by atoms with Gasteiger partial charge in [0.25, 0.3) is 5.91 Å². The Labute approximate surface area is 144 Å². The number of rotatable bonds is 3. The lowest BCUT2D eigenvalue weighted by molar-refractivity contribution is -0.117. The van der Waals surface area contributed by atoms with Gasteiger partial charge in [0.2, 0.25) is 5.91 Å². The van der Waals surface area contributed by atoms with E-state index in [1.807, 2.05) is 24.3 Å². The van der Waals surface area contributed by atoms with Crippen LogP contribution in [0.3, 0.4) is 0 Å². The second-order valence-electron chi connectivity index (χ2n) is 5.77. The minimum absolute atomic E-state index is 0.134. The van der Waals surface area contributed by atoms with E-state index in [1.54, 1.807) is 11.0 Å². The van der Waals surface area contributed by atoms with E-state index in [0.29, 0.717) is 6.54 Å². The maximum Gasteiger partial charge on any atom is 0.254 e. The number of fused-ring (bicyclic) bond motifs is 1. The first-order valence-corrected chi connectivity index (χ1v) is 7.96. The molecular weight excluding hydrogens is 321 g/mol. The lowest BCUT2D eigenvalue weighted by atomic mass is 10.0. The van der Waals surface area contributed by atoms with Crippen molar-refractivity contribution in [3.8, 4) is 6.07 Å². The van der Waals surface area contributed by atoms with Crippen LogP contribution in [0.4, 0.5) is 10.1 Å². The normalized spacial score (nSPS) is 12.9. The molecule has 0 fully saturated rings. The molecule has 25 heavy (non-hydrogen) atoms. The molecule has 1 heterocycles. The third kappa shape index (κ3) is 3.50. The topological polar surface area (TPSA) is 73.2 Å². The fourth-order valence-corrected chi connectivity index (χ4v) is 2.91. The number of halogens is 1. The van der Waals surface area contributed by atoms with Crippen LogP contribution in [0.2, 0.25) is 0 Å². The second kappa shape index (κ2) is 7.14. The van der Waals surface area contributed by atoms with Crippen molar-refractivity contribution < 1.29 is 14.0 Å². The molecule has 126 valence electrons. The number of para-hydroxylation sites is 1. The number of aryl methyl sites for hydroxylation is 1. The van der Waals surface area contributed by atoms with Gasteiger partial charge in [0.15, 0.2) is 0 Å². The van der Waals surface area contributed by atoms with E-state index in [2.05, 4.69) is 5.32 Å². The standard InChI is InChI=1S/C19H16FN3O2/c20-16-10-13(11-21)7-8-15(16)19(25)22-12-18(24)23-9-3-5-14-4-1-2-6-17(14)23/h1-2,4,6-8,10H,3,5,9,12H2,(H,22,25). The minimum atomic E-state index is -0.785. The van der Waals surface area contributed by atoms with Gasteiger partial charge in [-0.3, -0.25) is 9.59 Å². The highest BCUT2D eigenvalue weighted by molar-refractivity contribution is 6.01. The average molecular weight is 337 g/mol. The van der Waals surface area contributed by atoms with Crippen molar-refractivity contribution in [2.75, 3.05) is 18.0 Å². The highest BCUT2D eigenvalue weighted by Crippen LogP contribution is 2.26. The fourth-order valence-electron chi connectivity index (χ4n) is 2.91. The van der Waals surface area contributed by atoms with Crippen LogP contribution < -0.4 is 10.2 Å². The molecular formula is C19H16FN3O2. The molecule has 0 radical (unpaired) electrons. The summed E-state index contributed by atoms with van der Waals surface area (Å²) in [6.45, 7) is 0.379. The molecule has 2 amide bonds. The van der Waals surface area contributed by atoms with Gasteiger partial charge < -0.3 is 10.2 Å². The molecule has 5 nitrogen and oxygen atoms in total. The average Bonchev–Trinajstić information content (AvgIpc) is 2.65. The number of hydrogen-bond acceptors (Lipinski definition) is 3. The number of anilines is 1. The Morgan fingerprint density at radius 1 is 1.24 bits per heavy atom. The van der Waals surface area contributed by atoms with E-state index < -0.39 is 11.7 Å². The zero-order chi connectivity index (χ0) is 17.8. The summed E-state index contributed by atoms with van der Waals surface area (Å²) in [6.07, 6.45) is 1.78. The summed E-state index contributed by atoms with van der Waals surface area (Å²) < 4.78 is 13.9. The van der Waals surface area contributed by atoms with Crippen LogP contribution in [-0.2, 0) is 11.2 Å². The zero-order valence-corrected chi connectivity index (χ0v) is 13.5. The van der Waals surface area contributed by atoms with Crippen LogP contribution in [0.25, 0.3) is 0 Å². The molecule has 0 aliphatic carbocycles. The van der Waals surface area contributed by atoms with Crippen LogP contribution in [0, 0.1) is 17.1 Å². The van der Waals surface area contributed by atoms with Crippen molar-refractivity contribution in [2.24, 2.45) is 0 Å². The molecule has 1 aliphatic rings. The van der Waals surface area contributed by atoms with Crippen molar-refractivity contribution in [3.63, 3.8) is 0 Å². The Hall–Kier alpha value is -3.20. The van der Waals surface area contributed by atoms with Gasteiger partial charge in [0.05, 0.1) is 23.7 Å². The lowest BCUT2D eigenvalue weighted by Gasteiger charge is -2.29. The molecule has 1 N–H and O–H groups in total. The maximum atomic E-state index is 13.9. The molecule has 0 saturated heterocycles. The molecule has 0 spiro atoms. The summed E-state index contributed by atoms with van der Waals surface area (Å²) in [5.41, 5.74) is 1.91. The number of amides is 2. The first-order valence-electron chi connectivity index (χ1n) is 7.96. The Kier molecular flexibility index (Phi) is 4.75. The van der Waals surface area contributed by atoms with Crippen LogP contribution in [0.15, 0.2) is 42.5 Å². The number of carbonyl (C=O) groups excluding carboxylic acids is 2. The number of benzene rings is 2. The van der Waals surface area contributed by atoms with E-state index in [0.717, 1.165) is 30.2 Å². The molecule has 0 atom stereocenters. The molecule has 2 aromatic rings. The Bertz CT molecular complexity index is 873. The van der Waals surface area contributed by atoms with Crippen LogP contribution >= 0.6 is 0 Å². The van der Waals surface area contributed by atoms with Crippen LogP contribution in [0.5, 0.6) is 0 Å². The van der Waals surface area contributed by atoms with Crippen molar-refractivity contribution in [3.05, 3.63) is 65.0 Å². The van der Waals surface area contributed by atoms with Gasteiger partial charge in [-0.25, -0.2) is 4.39 Å². The van der Waals surface area contributed by atoms with Crippen molar-refractivity contribution in [1.82, 2.24) is 5.32 Å². The lowest BCUT2D eigenvalue weighted by Crippen LogP contribution is -2.42. The van der Waals surface area contributed by atoms with E-state index in [1.165, 1.54) is 12.1 Å². The highest BCUT2D eigenvalue weighted by Gasteiger charge is 2.22. The molecule has 0 aromatic heterocycles. The third-order valence-corrected chi connectivity index (χ3v) is 4.15. The van der Waals surface area contributed by atoms with E-state index in [4.69, 9.17) is 5.26 Å². The molecule has 3 rings (SSSR count). The van der Waals surface area contributed by atoms with Crippen molar-refractivity contribution in [2.45, 2.75) is 12.8 Å². The summed E-state index contributed by atoms with van der Waals surface area (Å²) in [6, 6.07) is 13.1. The fraction of sp³-hybridized carbons (Fsp3) is 0.211. The Balaban J connectivity index is 1.67. The predicted molar refractivity (Wildman–Crippen MR) is 90.6 cm³/mol. The zero-order valence-electron chi connectivity index (χ0n) is 13.5. The molecule has 2 aromatic carbocycles. The number of nitrogens with one attached hydrogen (secondary N) is 1. The van der Waals surface area contributed by atoms with Crippen LogP contribution in [0.1, 0.15) is 27.9 Å². The van der Waals surface area contributed by atoms with Gasteiger partial charge in [-0.15, -0.1) is 0 Å². The number of nitrogens with zero attached hydrogens (tertiary/aromatic N) is 2. The summed E-state index contributed by atoms with van der Waals surface area (Å²) in [5, 5.41) is 11.2. The quantitative estimate of drug-likeness (QED) is 0.935. The number of nitriles is 1. The summed E-state index contributed by atoms with van der Waals surface area (Å²) >= 11 is 0. The third-order valence-electron chi connectivity index (χ3n) is 4.15. The monoisotopic (exact) mass is 337 g/mol. The van der Waals surface area contributed by atoms with Crippen LogP contribution in [-0.4, -0.2) is 24.9 Å². The summed E-state index contributed by atoms with van der Waals surface area (Å²) in [7, 11) is 0. The molecule has 0 unspecified atom stereocenters. The summed E-state index contributed by atoms with van der Waals surface area (Å²) in [4.78, 5) is 26.2. The van der Waals surface area contributed by atoms with Gasteiger partial charge in [0, 0.05) is 12.2 Å². The molecule has 1 aliphatic heterocycles. The van der Waals surface area contributed by atoms with Crippen molar-refractivity contribution in [1.29, 1.82) is 5.26 Å². The summed E-state index contributed by atoms with van der Waals surface area (Å²) in [5.74, 6) is -1.71. The smallest absolute Gasteiger partial charge is 0.254 e. The first-order chi connectivity index (χ1) is 12.1. The Morgan fingerprint density at radius 2 is 2.04 bits per heavy atom. The van der Waals surface area contributed by atoms with Gasteiger partial charge in [-0.2, -0.15) is 5.26 Å². The van der Waals surface area contributed by atoms with E-state index in [9.17, 15) is 14.0 Å². The number of hydrogen-bond donors (Lipinski definition) is 1. The predicted octanol–water partition coefficient (Wildman–Crippen LogP) is 2.41. The van der Waals surface area contributed by atoms with Crippen molar-refractivity contribution >= 4 is 17.5 Å². The highest BCUT2D eigenvalue weighted by atomic mass is 19.1. The molecule has 0 bridgehead atoms. The molecule has 0 saturated carbocycles. The Morgan fingerprint density at radius 3 is 2.80 bits per heavy atom. The first kappa shape index (κ1) is 16.7. The largest absolute Gasteiger partial charge is 0.343 e. The second-order valence-corrected chi connectivity index (χ2v) is 5.77.